The summed E-state index contributed by atoms with van der Waals surface area (Å²) >= 11 is 0. The lowest BCUT2D eigenvalue weighted by atomic mass is 9.94. The maximum Gasteiger partial charge on any atom is 0.354 e. The third-order valence-electron chi connectivity index (χ3n) is 6.61. The fourth-order valence-electron chi connectivity index (χ4n) is 4.57. The lowest BCUT2D eigenvalue weighted by Gasteiger charge is -2.35. The monoisotopic (exact) mass is 497 g/mol. The lowest BCUT2D eigenvalue weighted by molar-refractivity contribution is 0.0690. The van der Waals surface area contributed by atoms with Crippen molar-refractivity contribution in [3.05, 3.63) is 29.6 Å². The minimum Gasteiger partial charge on any atom is -0.477 e. The minimum absolute atomic E-state index is 0.0747. The largest absolute Gasteiger partial charge is 0.477 e. The summed E-state index contributed by atoms with van der Waals surface area (Å²) in [6.45, 7) is 8.75. The summed E-state index contributed by atoms with van der Waals surface area (Å²) in [5.74, 6) is 0.643. The van der Waals surface area contributed by atoms with E-state index in [0.717, 1.165) is 25.9 Å². The fraction of sp³-hybridized carbons (Fsp3) is 0.560. The van der Waals surface area contributed by atoms with E-state index < -0.39 is 5.97 Å². The molecule has 3 N–H and O–H groups in total. The molecule has 0 saturated carbocycles. The van der Waals surface area contributed by atoms with E-state index in [0.29, 0.717) is 73.4 Å². The van der Waals surface area contributed by atoms with Crippen LogP contribution in [-0.4, -0.2) is 84.8 Å². The number of piperidine rings is 1. The van der Waals surface area contributed by atoms with Crippen LogP contribution in [0.25, 0.3) is 0 Å². The first-order valence-electron chi connectivity index (χ1n) is 12.4. The van der Waals surface area contributed by atoms with Gasteiger partial charge in [-0.15, -0.1) is 0 Å². The highest BCUT2D eigenvalue weighted by Crippen LogP contribution is 2.34. The molecule has 2 saturated heterocycles. The Hall–Kier alpha value is -3.31. The molecule has 0 unspecified atom stereocenters. The van der Waals surface area contributed by atoms with Crippen molar-refractivity contribution in [1.29, 1.82) is 5.41 Å². The number of rotatable bonds is 9. The molecule has 2 aromatic heterocycles. The average molecular weight is 498 g/mol. The first-order chi connectivity index (χ1) is 17.4. The summed E-state index contributed by atoms with van der Waals surface area (Å²) in [7, 11) is 1.71. The van der Waals surface area contributed by atoms with Gasteiger partial charge >= 0.3 is 5.97 Å². The highest BCUT2D eigenvalue weighted by atomic mass is 16.5. The van der Waals surface area contributed by atoms with Gasteiger partial charge in [0.05, 0.1) is 24.5 Å². The normalized spacial score (nSPS) is 16.9. The zero-order valence-electron chi connectivity index (χ0n) is 21.2. The predicted octanol–water partition coefficient (Wildman–Crippen LogP) is 3.04. The van der Waals surface area contributed by atoms with Crippen molar-refractivity contribution in [2.45, 2.75) is 26.7 Å². The zero-order chi connectivity index (χ0) is 25.7. The zero-order valence-corrected chi connectivity index (χ0v) is 21.2. The molecule has 0 aliphatic carbocycles. The number of carboxylic acid groups (broad SMARTS) is 1. The first kappa shape index (κ1) is 25.8. The Labute approximate surface area is 211 Å². The highest BCUT2D eigenvalue weighted by molar-refractivity contribution is 6.09. The number of nitrogens with one attached hydrogen (secondary N) is 2. The van der Waals surface area contributed by atoms with E-state index in [2.05, 4.69) is 25.2 Å². The maximum atomic E-state index is 12.0. The van der Waals surface area contributed by atoms with Gasteiger partial charge in [-0.25, -0.2) is 14.8 Å². The number of nitrogens with zero attached hydrogens (tertiary/aromatic N) is 5. The number of hydrogen-bond donors (Lipinski definition) is 3. The second kappa shape index (κ2) is 11.6. The summed E-state index contributed by atoms with van der Waals surface area (Å²) in [6, 6.07) is 3.31. The van der Waals surface area contributed by atoms with Gasteiger partial charge in [-0.05, 0) is 36.8 Å². The van der Waals surface area contributed by atoms with Crippen molar-refractivity contribution in [3.63, 3.8) is 0 Å². The molecular weight excluding hydrogens is 462 g/mol. The van der Waals surface area contributed by atoms with E-state index >= 15 is 0 Å². The Kier molecular flexibility index (Phi) is 8.32. The van der Waals surface area contributed by atoms with E-state index in [1.54, 1.807) is 25.4 Å². The smallest absolute Gasteiger partial charge is 0.354 e. The Morgan fingerprint density at radius 2 is 1.94 bits per heavy atom. The summed E-state index contributed by atoms with van der Waals surface area (Å²) in [6.07, 6.45) is 3.53. The number of aromatic carboxylic acids is 1. The predicted molar refractivity (Wildman–Crippen MR) is 138 cm³/mol. The lowest BCUT2D eigenvalue weighted by Crippen LogP contribution is -2.37. The molecule has 0 atom stereocenters. The number of aromatic nitrogens is 3. The Morgan fingerprint density at radius 3 is 2.58 bits per heavy atom. The molecule has 4 rings (SSSR count). The molecule has 0 spiro atoms. The standard InChI is InChI=1S/C25H35N7O4/c1-16(2)22(26)21-19(31-8-5-17(6-9-31)15-35-3)14-18(24(33)34)28-23(21)29-20-4-7-27-25(30-20)32-10-12-36-13-11-32/h4,7,14,16-17,26H,5-6,8-13,15H2,1-3H3,(H,33,34)(H,27,28,29,30). The molecule has 0 radical (unpaired) electrons. The van der Waals surface area contributed by atoms with E-state index in [9.17, 15) is 9.90 Å². The third-order valence-corrected chi connectivity index (χ3v) is 6.61. The van der Waals surface area contributed by atoms with Crippen LogP contribution in [-0.2, 0) is 9.47 Å². The number of hydrogen-bond acceptors (Lipinski definition) is 10. The third kappa shape index (κ3) is 5.90. The molecule has 0 aromatic carbocycles. The first-order valence-corrected chi connectivity index (χ1v) is 12.4. The van der Waals surface area contributed by atoms with Crippen LogP contribution in [0.3, 0.4) is 0 Å². The van der Waals surface area contributed by atoms with Crippen molar-refractivity contribution >= 4 is 35.0 Å². The van der Waals surface area contributed by atoms with Crippen LogP contribution in [0.5, 0.6) is 0 Å². The van der Waals surface area contributed by atoms with Crippen LogP contribution in [0.15, 0.2) is 18.3 Å². The maximum absolute atomic E-state index is 12.0. The minimum atomic E-state index is -1.12. The highest BCUT2D eigenvalue weighted by Gasteiger charge is 2.28. The van der Waals surface area contributed by atoms with Crippen LogP contribution in [0.4, 0.5) is 23.3 Å². The molecular formula is C25H35N7O4. The molecule has 11 nitrogen and oxygen atoms in total. The van der Waals surface area contributed by atoms with Crippen molar-refractivity contribution in [1.82, 2.24) is 15.0 Å². The molecule has 0 amide bonds. The van der Waals surface area contributed by atoms with E-state index in [1.807, 2.05) is 18.7 Å². The van der Waals surface area contributed by atoms with Crippen molar-refractivity contribution in [2.75, 3.05) is 68.2 Å². The van der Waals surface area contributed by atoms with Crippen LogP contribution in [0.1, 0.15) is 42.7 Å². The SMILES string of the molecule is COCC1CCN(c2cc(C(=O)O)nc(Nc3ccnc(N4CCOCC4)n3)c2C(=N)C(C)C)CC1. The van der Waals surface area contributed by atoms with Gasteiger partial charge in [-0.2, -0.15) is 4.98 Å². The summed E-state index contributed by atoms with van der Waals surface area (Å²) < 4.78 is 10.8. The van der Waals surface area contributed by atoms with Crippen LogP contribution in [0.2, 0.25) is 0 Å². The number of pyridine rings is 1. The molecule has 2 fully saturated rings. The Bertz CT molecular complexity index is 1080. The average Bonchev–Trinajstić information content (AvgIpc) is 2.89. The molecule has 4 heterocycles. The molecule has 194 valence electrons. The summed E-state index contributed by atoms with van der Waals surface area (Å²) in [5, 5.41) is 22.0. The van der Waals surface area contributed by atoms with Crippen molar-refractivity contribution in [2.24, 2.45) is 11.8 Å². The van der Waals surface area contributed by atoms with E-state index in [4.69, 9.17) is 14.9 Å². The van der Waals surface area contributed by atoms with Crippen LogP contribution < -0.4 is 15.1 Å². The van der Waals surface area contributed by atoms with Gasteiger partial charge in [0.1, 0.15) is 11.6 Å². The van der Waals surface area contributed by atoms with Crippen molar-refractivity contribution < 1.29 is 19.4 Å². The van der Waals surface area contributed by atoms with Gasteiger partial charge in [0, 0.05) is 51.8 Å². The van der Waals surface area contributed by atoms with Gasteiger partial charge in [0.2, 0.25) is 5.95 Å². The number of methoxy groups -OCH3 is 1. The van der Waals surface area contributed by atoms with Crippen molar-refractivity contribution in [3.8, 4) is 0 Å². The number of ether oxygens (including phenoxy) is 2. The molecule has 2 aliphatic heterocycles. The molecule has 11 heteroatoms. The topological polar surface area (TPSA) is 137 Å². The number of carbonyl (C=O) groups is 1. The summed E-state index contributed by atoms with van der Waals surface area (Å²) in [4.78, 5) is 29.7. The second-order valence-corrected chi connectivity index (χ2v) is 9.48. The van der Waals surface area contributed by atoms with E-state index in [-0.39, 0.29) is 11.6 Å². The van der Waals surface area contributed by atoms with Gasteiger partial charge in [0.15, 0.2) is 5.69 Å². The second-order valence-electron chi connectivity index (χ2n) is 9.48. The number of anilines is 4. The number of morpholine rings is 1. The van der Waals surface area contributed by atoms with Gasteiger partial charge in [-0.3, -0.25) is 0 Å². The van der Waals surface area contributed by atoms with Crippen LogP contribution in [0, 0.1) is 17.2 Å². The Morgan fingerprint density at radius 1 is 1.22 bits per heavy atom. The van der Waals surface area contributed by atoms with Gasteiger partial charge in [0.25, 0.3) is 0 Å². The fourth-order valence-corrected chi connectivity index (χ4v) is 4.57. The molecule has 2 aromatic rings. The van der Waals surface area contributed by atoms with Crippen LogP contribution >= 0.6 is 0 Å². The van der Waals surface area contributed by atoms with E-state index in [1.165, 1.54) is 0 Å². The number of carboxylic acids is 1. The molecule has 36 heavy (non-hydrogen) atoms. The quantitative estimate of drug-likeness (QED) is 0.443. The molecule has 0 bridgehead atoms. The van der Waals surface area contributed by atoms with Gasteiger partial charge in [-0.1, -0.05) is 13.8 Å². The van der Waals surface area contributed by atoms with Gasteiger partial charge < -0.3 is 35.1 Å². The molecule has 2 aliphatic rings. The summed E-state index contributed by atoms with van der Waals surface area (Å²) in [5.41, 5.74) is 1.63. The Balaban J connectivity index is 1.72.